The molecule has 1 unspecified atom stereocenters. The molecule has 4 aliphatic heterocycles. The molecule has 0 aliphatic carbocycles. The van der Waals surface area contributed by atoms with E-state index in [0.717, 1.165) is 43.7 Å². The highest BCUT2D eigenvalue weighted by molar-refractivity contribution is 6.23. The van der Waals surface area contributed by atoms with Crippen molar-refractivity contribution in [2.24, 2.45) is 5.92 Å². The Balaban J connectivity index is 0.00000274. The minimum absolute atomic E-state index is 0. The molecule has 0 aromatic heterocycles. The maximum absolute atomic E-state index is 15.0. The van der Waals surface area contributed by atoms with Gasteiger partial charge in [0.05, 0.1) is 16.8 Å². The normalized spacial score (nSPS) is 24.2. The van der Waals surface area contributed by atoms with E-state index >= 15 is 4.39 Å². The summed E-state index contributed by atoms with van der Waals surface area (Å²) in [5.74, 6) is -2.27. The Bertz CT molecular complexity index is 1010. The second-order valence-electron chi connectivity index (χ2n) is 9.28. The Morgan fingerprint density at radius 1 is 0.912 bits per heavy atom. The van der Waals surface area contributed by atoms with Crippen LogP contribution in [0.5, 0.6) is 0 Å². The van der Waals surface area contributed by atoms with Gasteiger partial charge < -0.3 is 10.2 Å². The van der Waals surface area contributed by atoms with Gasteiger partial charge in [0.15, 0.2) is 0 Å². The van der Waals surface area contributed by atoms with E-state index in [2.05, 4.69) is 15.5 Å². The first kappa shape index (κ1) is 24.6. The number of halogens is 2. The zero-order valence-corrected chi connectivity index (χ0v) is 19.7. The fraction of sp³-hybridized carbons (Fsp3) is 0.565. The molecule has 4 heterocycles. The number of piperidine rings is 2. The lowest BCUT2D eigenvalue weighted by atomic mass is 9.97. The molecule has 11 heteroatoms. The quantitative estimate of drug-likeness (QED) is 0.597. The lowest BCUT2D eigenvalue weighted by Crippen LogP contribution is -2.54. The van der Waals surface area contributed by atoms with Crippen LogP contribution in [0.1, 0.15) is 46.4 Å². The second kappa shape index (κ2) is 9.97. The molecular formula is C23H29ClFN5O4. The Kier molecular flexibility index (Phi) is 7.20. The van der Waals surface area contributed by atoms with Gasteiger partial charge in [0.25, 0.3) is 11.8 Å². The first-order valence-electron chi connectivity index (χ1n) is 11.7. The highest BCUT2D eigenvalue weighted by atomic mass is 35.5. The SMILES string of the molecule is Cl.O=C1CCC(N2C(=O)c3cc(F)c(N4CCN(CC5CCNCC5)CC4)cc3C2=O)C(=O)N1. The number of anilines is 1. The molecule has 2 N–H and O–H groups in total. The zero-order valence-electron chi connectivity index (χ0n) is 18.8. The van der Waals surface area contributed by atoms with Crippen molar-refractivity contribution in [3.8, 4) is 0 Å². The molecule has 0 radical (unpaired) electrons. The number of carbonyl (C=O) groups is 4. The van der Waals surface area contributed by atoms with Crippen molar-refractivity contribution in [1.29, 1.82) is 0 Å². The number of nitrogens with zero attached hydrogens (tertiary/aromatic N) is 3. The van der Waals surface area contributed by atoms with Gasteiger partial charge in [0.2, 0.25) is 11.8 Å². The summed E-state index contributed by atoms with van der Waals surface area (Å²) in [5, 5.41) is 5.55. The van der Waals surface area contributed by atoms with Crippen LogP contribution in [0.4, 0.5) is 10.1 Å². The highest BCUT2D eigenvalue weighted by Gasteiger charge is 2.45. The molecule has 184 valence electrons. The summed E-state index contributed by atoms with van der Waals surface area (Å²) in [6.45, 7) is 6.09. The van der Waals surface area contributed by atoms with Crippen LogP contribution in [-0.2, 0) is 9.59 Å². The maximum Gasteiger partial charge on any atom is 0.262 e. The molecule has 34 heavy (non-hydrogen) atoms. The number of carbonyl (C=O) groups excluding carboxylic acids is 4. The Labute approximate surface area is 203 Å². The van der Waals surface area contributed by atoms with Crippen molar-refractivity contribution in [1.82, 2.24) is 20.4 Å². The maximum atomic E-state index is 15.0. The summed E-state index contributed by atoms with van der Waals surface area (Å²) in [5.41, 5.74) is 0.385. The van der Waals surface area contributed by atoms with Gasteiger partial charge in [-0.3, -0.25) is 34.3 Å². The number of nitrogens with one attached hydrogen (secondary N) is 2. The van der Waals surface area contributed by atoms with Crippen LogP contribution in [0.2, 0.25) is 0 Å². The van der Waals surface area contributed by atoms with E-state index < -0.39 is 35.5 Å². The van der Waals surface area contributed by atoms with Crippen LogP contribution in [0.15, 0.2) is 12.1 Å². The molecule has 1 atom stereocenters. The molecule has 1 aromatic rings. The third kappa shape index (κ3) is 4.54. The predicted molar refractivity (Wildman–Crippen MR) is 125 cm³/mol. The van der Waals surface area contributed by atoms with E-state index in [9.17, 15) is 19.2 Å². The number of amides is 4. The Morgan fingerprint density at radius 2 is 1.56 bits per heavy atom. The van der Waals surface area contributed by atoms with Gasteiger partial charge in [-0.1, -0.05) is 0 Å². The fourth-order valence-corrected chi connectivity index (χ4v) is 5.32. The van der Waals surface area contributed by atoms with E-state index in [1.54, 1.807) is 0 Å². The average Bonchev–Trinajstić information content (AvgIpc) is 3.04. The van der Waals surface area contributed by atoms with Crippen molar-refractivity contribution < 1.29 is 23.6 Å². The molecule has 3 fully saturated rings. The zero-order chi connectivity index (χ0) is 23.1. The lowest BCUT2D eigenvalue weighted by Gasteiger charge is -2.38. The van der Waals surface area contributed by atoms with E-state index in [-0.39, 0.29) is 36.4 Å². The summed E-state index contributed by atoms with van der Waals surface area (Å²) in [7, 11) is 0. The molecule has 0 saturated carbocycles. The Morgan fingerprint density at radius 3 is 2.21 bits per heavy atom. The third-order valence-electron chi connectivity index (χ3n) is 7.20. The molecule has 4 aliphatic rings. The topological polar surface area (TPSA) is 102 Å². The van der Waals surface area contributed by atoms with Gasteiger partial charge in [0, 0.05) is 39.1 Å². The van der Waals surface area contributed by atoms with Crippen molar-refractivity contribution >= 4 is 41.7 Å². The minimum Gasteiger partial charge on any atom is -0.367 e. The Hall–Kier alpha value is -2.56. The summed E-state index contributed by atoms with van der Waals surface area (Å²) in [6.07, 6.45) is 2.48. The molecule has 1 aromatic carbocycles. The van der Waals surface area contributed by atoms with E-state index in [1.165, 1.54) is 18.9 Å². The molecule has 0 bridgehead atoms. The average molecular weight is 494 g/mol. The number of rotatable bonds is 4. The third-order valence-corrected chi connectivity index (χ3v) is 7.20. The van der Waals surface area contributed by atoms with Gasteiger partial charge in [0.1, 0.15) is 11.9 Å². The monoisotopic (exact) mass is 493 g/mol. The summed E-state index contributed by atoms with van der Waals surface area (Å²) in [6, 6.07) is 1.50. The van der Waals surface area contributed by atoms with Crippen molar-refractivity contribution in [2.45, 2.75) is 31.7 Å². The standard InChI is InChI=1S/C23H28FN5O4.ClH/c24-17-11-15-16(23(33)29(22(15)32)18-1-2-20(30)26-21(18)31)12-19(17)28-9-7-27(8-10-28)13-14-3-5-25-6-4-14;/h11-12,14,18,25H,1-10,13H2,(H,26,30,31);1H. The molecule has 5 rings (SSSR count). The minimum atomic E-state index is -1.06. The van der Waals surface area contributed by atoms with Gasteiger partial charge in [-0.25, -0.2) is 4.39 Å². The second-order valence-corrected chi connectivity index (χ2v) is 9.28. The number of piperazine rings is 1. The van der Waals surface area contributed by atoms with Crippen LogP contribution >= 0.6 is 12.4 Å². The van der Waals surface area contributed by atoms with E-state index in [0.29, 0.717) is 24.7 Å². The number of imide groups is 2. The predicted octanol–water partition coefficient (Wildman–Crippen LogP) is 0.770. The number of hydrogen-bond donors (Lipinski definition) is 2. The van der Waals surface area contributed by atoms with Gasteiger partial charge in [-0.15, -0.1) is 12.4 Å². The number of fused-ring (bicyclic) bond motifs is 1. The number of hydrogen-bond acceptors (Lipinski definition) is 7. The van der Waals surface area contributed by atoms with Crippen LogP contribution in [0.25, 0.3) is 0 Å². The first-order chi connectivity index (χ1) is 15.9. The lowest BCUT2D eigenvalue weighted by molar-refractivity contribution is -0.136. The summed E-state index contributed by atoms with van der Waals surface area (Å²) >= 11 is 0. The van der Waals surface area contributed by atoms with Crippen molar-refractivity contribution in [2.75, 3.05) is 50.7 Å². The van der Waals surface area contributed by atoms with Crippen molar-refractivity contribution in [3.63, 3.8) is 0 Å². The van der Waals surface area contributed by atoms with Gasteiger partial charge in [-0.05, 0) is 50.4 Å². The molecule has 3 saturated heterocycles. The summed E-state index contributed by atoms with van der Waals surface area (Å²) in [4.78, 5) is 54.7. The molecular weight excluding hydrogens is 465 g/mol. The van der Waals surface area contributed by atoms with Crippen LogP contribution in [0, 0.1) is 11.7 Å². The largest absolute Gasteiger partial charge is 0.367 e. The highest BCUT2D eigenvalue weighted by Crippen LogP contribution is 2.33. The van der Waals surface area contributed by atoms with Crippen LogP contribution in [-0.4, -0.2) is 85.3 Å². The van der Waals surface area contributed by atoms with Crippen LogP contribution < -0.4 is 15.5 Å². The van der Waals surface area contributed by atoms with Gasteiger partial charge >= 0.3 is 0 Å². The summed E-state index contributed by atoms with van der Waals surface area (Å²) < 4.78 is 15.0. The van der Waals surface area contributed by atoms with Crippen LogP contribution in [0.3, 0.4) is 0 Å². The number of benzene rings is 1. The first-order valence-corrected chi connectivity index (χ1v) is 11.7. The molecule has 4 amide bonds. The van der Waals surface area contributed by atoms with Crippen molar-refractivity contribution in [3.05, 3.63) is 29.1 Å². The molecule has 9 nitrogen and oxygen atoms in total. The van der Waals surface area contributed by atoms with E-state index in [1.807, 2.05) is 4.90 Å². The smallest absolute Gasteiger partial charge is 0.262 e. The van der Waals surface area contributed by atoms with E-state index in [4.69, 9.17) is 0 Å². The fourth-order valence-electron chi connectivity index (χ4n) is 5.32. The molecule has 0 spiro atoms. The van der Waals surface area contributed by atoms with Gasteiger partial charge in [-0.2, -0.15) is 0 Å².